The second-order valence-electron chi connectivity index (χ2n) is 5.83. The zero-order valence-electron chi connectivity index (χ0n) is 12.5. The molecular weight excluding hydrogens is 347 g/mol. The molecule has 0 unspecified atom stereocenters. The largest absolute Gasteiger partial charge is 0.361 e. The molecule has 2 aromatic carbocycles. The molecule has 1 saturated heterocycles. The molecule has 0 N–H and O–H groups in total. The highest BCUT2D eigenvalue weighted by molar-refractivity contribution is 8.48. The second-order valence-corrected chi connectivity index (χ2v) is 8.12. The molecule has 0 amide bonds. The maximum Gasteiger partial charge on any atom is 0.304 e. The fourth-order valence-electron chi connectivity index (χ4n) is 2.98. The van der Waals surface area contributed by atoms with Gasteiger partial charge in [-0.25, -0.2) is 0 Å². The van der Waals surface area contributed by atoms with Crippen LogP contribution in [0.3, 0.4) is 0 Å². The Morgan fingerprint density at radius 1 is 0.792 bits per heavy atom. The minimum absolute atomic E-state index is 0.271. The maximum absolute atomic E-state index is 12.8. The fourth-order valence-corrected chi connectivity index (χ4v) is 3.76. The lowest BCUT2D eigenvalue weighted by molar-refractivity contribution is 0.0371. The summed E-state index contributed by atoms with van der Waals surface area (Å²) in [7, 11) is -9.63. The van der Waals surface area contributed by atoms with Gasteiger partial charge in [-0.2, -0.15) is 0 Å². The molecule has 1 heterocycles. The van der Waals surface area contributed by atoms with Crippen LogP contribution in [0.2, 0.25) is 0 Å². The molecule has 0 aromatic heterocycles. The molecule has 7 heteroatoms. The molecule has 0 bridgehead atoms. The highest BCUT2D eigenvalue weighted by Crippen LogP contribution is 2.99. The third-order valence-corrected chi connectivity index (χ3v) is 4.63. The van der Waals surface area contributed by atoms with Crippen LogP contribution >= 0.6 is 10.2 Å². The zero-order valence-corrected chi connectivity index (χ0v) is 13.3. The van der Waals surface area contributed by atoms with E-state index in [-0.39, 0.29) is 6.42 Å². The standard InChI is InChI=1S/C17H15F5OS/c18-24(19,20,21,22)13-14-11-17(23-12-14,15-7-3-1-4-8-15)16-9-5-2-6-10-16/h1-10,13H,11-12H2/b14-13-. The quantitative estimate of drug-likeness (QED) is 0.564. The predicted octanol–water partition coefficient (Wildman–Crippen LogP) is 6.53. The van der Waals surface area contributed by atoms with E-state index in [1.54, 1.807) is 60.7 Å². The molecule has 3 rings (SSSR count). The van der Waals surface area contributed by atoms with Crippen LogP contribution in [0, 0.1) is 0 Å². The molecule has 2 aromatic rings. The summed E-state index contributed by atoms with van der Waals surface area (Å²) in [6.07, 6.45) is -0.271. The highest BCUT2D eigenvalue weighted by atomic mass is 32.5. The summed E-state index contributed by atoms with van der Waals surface area (Å²) in [6.45, 7) is -0.491. The monoisotopic (exact) mass is 362 g/mol. The average molecular weight is 362 g/mol. The van der Waals surface area contributed by atoms with E-state index in [1.807, 2.05) is 0 Å². The lowest BCUT2D eigenvalue weighted by Gasteiger charge is -2.37. The van der Waals surface area contributed by atoms with Crippen molar-refractivity contribution < 1.29 is 24.2 Å². The minimum atomic E-state index is -9.63. The van der Waals surface area contributed by atoms with Crippen molar-refractivity contribution in [2.75, 3.05) is 6.61 Å². The molecule has 1 aliphatic rings. The van der Waals surface area contributed by atoms with Gasteiger partial charge in [0.2, 0.25) is 0 Å². The number of halogens is 5. The van der Waals surface area contributed by atoms with Crippen molar-refractivity contribution >= 4 is 10.2 Å². The minimum Gasteiger partial charge on any atom is -0.361 e. The topological polar surface area (TPSA) is 9.23 Å². The third kappa shape index (κ3) is 3.79. The van der Waals surface area contributed by atoms with Gasteiger partial charge in [0.05, 0.1) is 12.0 Å². The molecule has 1 nitrogen and oxygen atoms in total. The summed E-state index contributed by atoms with van der Waals surface area (Å²) < 4.78 is 69.6. The lowest BCUT2D eigenvalue weighted by atomic mass is 9.83. The summed E-state index contributed by atoms with van der Waals surface area (Å²) in [4.78, 5) is 0. The number of benzene rings is 2. The van der Waals surface area contributed by atoms with Gasteiger partial charge >= 0.3 is 10.2 Å². The Bertz CT molecular complexity index is 730. The smallest absolute Gasteiger partial charge is 0.304 e. The van der Waals surface area contributed by atoms with Crippen LogP contribution in [-0.4, -0.2) is 6.61 Å². The summed E-state index contributed by atoms with van der Waals surface area (Å²) in [5.41, 5.74) is -0.400. The first-order valence-electron chi connectivity index (χ1n) is 7.17. The first-order chi connectivity index (χ1) is 11.0. The molecule has 0 radical (unpaired) electrons. The first-order valence-corrected chi connectivity index (χ1v) is 9.19. The Labute approximate surface area is 136 Å². The molecule has 0 saturated carbocycles. The van der Waals surface area contributed by atoms with Gasteiger partial charge in [-0.05, 0) is 16.7 Å². The Morgan fingerprint density at radius 2 is 1.25 bits per heavy atom. The van der Waals surface area contributed by atoms with E-state index in [0.717, 1.165) is 0 Å². The average Bonchev–Trinajstić information content (AvgIpc) is 2.90. The Morgan fingerprint density at radius 3 is 1.67 bits per heavy atom. The summed E-state index contributed by atoms with van der Waals surface area (Å²) >= 11 is 0. The van der Waals surface area contributed by atoms with Gasteiger partial charge < -0.3 is 4.74 Å². The van der Waals surface area contributed by atoms with Gasteiger partial charge in [-0.15, -0.1) is 0 Å². The number of hydrogen-bond acceptors (Lipinski definition) is 1. The van der Waals surface area contributed by atoms with Gasteiger partial charge in [0.25, 0.3) is 0 Å². The van der Waals surface area contributed by atoms with Crippen LogP contribution in [0.15, 0.2) is 71.6 Å². The first kappa shape index (κ1) is 17.0. The van der Waals surface area contributed by atoms with Crippen LogP contribution in [0.4, 0.5) is 19.4 Å². The molecule has 0 aliphatic carbocycles. The number of ether oxygens (including phenoxy) is 1. The van der Waals surface area contributed by atoms with Gasteiger partial charge in [0.15, 0.2) is 0 Å². The molecule has 1 aliphatic heterocycles. The third-order valence-electron chi connectivity index (χ3n) is 3.85. The van der Waals surface area contributed by atoms with Crippen LogP contribution in [0.1, 0.15) is 17.5 Å². The van der Waals surface area contributed by atoms with E-state index < -0.39 is 33.4 Å². The van der Waals surface area contributed by atoms with Crippen LogP contribution in [-0.2, 0) is 10.3 Å². The molecule has 24 heavy (non-hydrogen) atoms. The normalized spacial score (nSPS) is 22.1. The van der Waals surface area contributed by atoms with Crippen molar-refractivity contribution in [1.82, 2.24) is 0 Å². The van der Waals surface area contributed by atoms with E-state index in [9.17, 15) is 19.4 Å². The van der Waals surface area contributed by atoms with Crippen molar-refractivity contribution in [3.8, 4) is 0 Å². The summed E-state index contributed by atoms with van der Waals surface area (Å²) in [5, 5.41) is -0.812. The Hall–Kier alpha value is -1.86. The molecule has 0 spiro atoms. The highest BCUT2D eigenvalue weighted by Gasteiger charge is 2.62. The maximum atomic E-state index is 12.8. The van der Waals surface area contributed by atoms with Crippen molar-refractivity contribution in [1.29, 1.82) is 0 Å². The van der Waals surface area contributed by atoms with Crippen LogP contribution < -0.4 is 0 Å². The van der Waals surface area contributed by atoms with Crippen LogP contribution in [0.5, 0.6) is 0 Å². The van der Waals surface area contributed by atoms with E-state index >= 15 is 0 Å². The number of hydrogen-bond donors (Lipinski definition) is 0. The second kappa shape index (κ2) is 4.83. The SMILES string of the molecule is FS(F)(F)(F)(F)/C=C1\COC(c2ccccc2)(c2ccccc2)C1. The summed E-state index contributed by atoms with van der Waals surface area (Å²) in [5.74, 6) is 0. The van der Waals surface area contributed by atoms with E-state index in [1.165, 1.54) is 0 Å². The molecule has 130 valence electrons. The van der Waals surface area contributed by atoms with Crippen molar-refractivity contribution in [3.05, 3.63) is 82.8 Å². The zero-order chi connectivity index (χ0) is 17.5. The van der Waals surface area contributed by atoms with Crippen molar-refractivity contribution in [3.63, 3.8) is 0 Å². The van der Waals surface area contributed by atoms with Crippen molar-refractivity contribution in [2.24, 2.45) is 0 Å². The lowest BCUT2D eigenvalue weighted by Crippen LogP contribution is -2.26. The molecular formula is C17H15F5OS. The van der Waals surface area contributed by atoms with E-state index in [4.69, 9.17) is 4.74 Å². The summed E-state index contributed by atoms with van der Waals surface area (Å²) in [6, 6.07) is 17.3. The predicted molar refractivity (Wildman–Crippen MR) is 85.4 cm³/mol. The Balaban J connectivity index is 2.10. The van der Waals surface area contributed by atoms with E-state index in [0.29, 0.717) is 11.1 Å². The Kier molecular flexibility index (Phi) is 3.42. The van der Waals surface area contributed by atoms with Gasteiger partial charge in [0.1, 0.15) is 5.60 Å². The molecule has 0 atom stereocenters. The van der Waals surface area contributed by atoms with E-state index in [2.05, 4.69) is 0 Å². The van der Waals surface area contributed by atoms with Crippen molar-refractivity contribution in [2.45, 2.75) is 12.0 Å². The molecule has 1 fully saturated rings. The van der Waals surface area contributed by atoms with Crippen LogP contribution in [0.25, 0.3) is 0 Å². The van der Waals surface area contributed by atoms with Gasteiger partial charge in [-0.3, -0.25) is 0 Å². The fraction of sp³-hybridized carbons (Fsp3) is 0.176. The van der Waals surface area contributed by atoms with Gasteiger partial charge in [-0.1, -0.05) is 80.1 Å². The van der Waals surface area contributed by atoms with Gasteiger partial charge in [0, 0.05) is 6.42 Å². The number of rotatable bonds is 3.